The highest BCUT2D eigenvalue weighted by atomic mass is 16.5. The Labute approximate surface area is 123 Å². The minimum atomic E-state index is -0.429. The lowest BCUT2D eigenvalue weighted by Crippen LogP contribution is -2.29. The van der Waals surface area contributed by atoms with Gasteiger partial charge in [-0.15, -0.1) is 0 Å². The summed E-state index contributed by atoms with van der Waals surface area (Å²) in [5.41, 5.74) is -0.429. The fourth-order valence-corrected chi connectivity index (χ4v) is 3.03. The molecule has 0 radical (unpaired) electrons. The molecule has 1 aliphatic rings. The van der Waals surface area contributed by atoms with Gasteiger partial charge < -0.3 is 4.74 Å². The van der Waals surface area contributed by atoms with E-state index in [1.54, 1.807) is 0 Å². The van der Waals surface area contributed by atoms with Gasteiger partial charge in [-0.3, -0.25) is 9.59 Å². The van der Waals surface area contributed by atoms with E-state index < -0.39 is 5.41 Å². The molecule has 116 valence electrons. The number of Topliss-reactive ketones (excluding diaryl/α,β-unsaturated/α-hetero) is 1. The van der Waals surface area contributed by atoms with E-state index in [0.29, 0.717) is 30.1 Å². The minimum Gasteiger partial charge on any atom is -0.465 e. The summed E-state index contributed by atoms with van der Waals surface area (Å²) in [5.74, 6) is 2.01. The summed E-state index contributed by atoms with van der Waals surface area (Å²) in [5, 5.41) is 0. The van der Waals surface area contributed by atoms with Gasteiger partial charge in [-0.1, -0.05) is 13.8 Å². The molecular weight excluding hydrogens is 252 g/mol. The Kier molecular flexibility index (Phi) is 6.22. The smallest absolute Gasteiger partial charge is 0.311 e. The number of rotatable bonds is 5. The quantitative estimate of drug-likeness (QED) is 0.565. The number of esters is 1. The highest BCUT2D eigenvalue weighted by molar-refractivity contribution is 5.79. The molecule has 0 amide bonds. The SMILES string of the molecule is CC(C)[C@H]1CCC(=O)C[C@@H]1CCCOC(=O)C(C)(C)C. The van der Waals surface area contributed by atoms with Crippen LogP contribution in [-0.2, 0) is 14.3 Å². The Morgan fingerprint density at radius 3 is 2.55 bits per heavy atom. The van der Waals surface area contributed by atoms with E-state index in [1.165, 1.54) is 0 Å². The van der Waals surface area contributed by atoms with Crippen molar-refractivity contribution in [3.8, 4) is 0 Å². The third-order valence-corrected chi connectivity index (χ3v) is 4.27. The Morgan fingerprint density at radius 2 is 2.00 bits per heavy atom. The third kappa shape index (κ3) is 5.26. The first-order valence-electron chi connectivity index (χ1n) is 7.90. The van der Waals surface area contributed by atoms with E-state index in [-0.39, 0.29) is 5.97 Å². The van der Waals surface area contributed by atoms with Gasteiger partial charge in [0.2, 0.25) is 0 Å². The van der Waals surface area contributed by atoms with Crippen LogP contribution in [-0.4, -0.2) is 18.4 Å². The summed E-state index contributed by atoms with van der Waals surface area (Å²) in [7, 11) is 0. The number of hydrogen-bond donors (Lipinski definition) is 0. The molecule has 2 atom stereocenters. The monoisotopic (exact) mass is 282 g/mol. The van der Waals surface area contributed by atoms with E-state index in [9.17, 15) is 9.59 Å². The number of ether oxygens (including phenoxy) is 1. The van der Waals surface area contributed by atoms with Crippen LogP contribution in [0.2, 0.25) is 0 Å². The first-order valence-corrected chi connectivity index (χ1v) is 7.90. The van der Waals surface area contributed by atoms with Crippen molar-refractivity contribution in [1.29, 1.82) is 0 Å². The summed E-state index contributed by atoms with van der Waals surface area (Å²) < 4.78 is 5.30. The minimum absolute atomic E-state index is 0.141. The van der Waals surface area contributed by atoms with Gasteiger partial charge in [0.05, 0.1) is 12.0 Å². The summed E-state index contributed by atoms with van der Waals surface area (Å²) in [6, 6.07) is 0. The van der Waals surface area contributed by atoms with Gasteiger partial charge in [0.15, 0.2) is 0 Å². The van der Waals surface area contributed by atoms with Crippen molar-refractivity contribution >= 4 is 11.8 Å². The van der Waals surface area contributed by atoms with Crippen molar-refractivity contribution in [2.24, 2.45) is 23.2 Å². The van der Waals surface area contributed by atoms with Crippen LogP contribution in [0.4, 0.5) is 0 Å². The number of ketones is 1. The first kappa shape index (κ1) is 17.2. The third-order valence-electron chi connectivity index (χ3n) is 4.27. The van der Waals surface area contributed by atoms with Crippen LogP contribution in [0, 0.1) is 23.2 Å². The molecule has 1 fully saturated rings. The van der Waals surface area contributed by atoms with E-state index in [0.717, 1.165) is 32.1 Å². The van der Waals surface area contributed by atoms with Gasteiger partial charge >= 0.3 is 5.97 Å². The van der Waals surface area contributed by atoms with Crippen LogP contribution in [0.1, 0.15) is 66.7 Å². The molecule has 0 saturated heterocycles. The van der Waals surface area contributed by atoms with Gasteiger partial charge in [-0.05, 0) is 57.8 Å². The van der Waals surface area contributed by atoms with Crippen molar-refractivity contribution in [3.05, 3.63) is 0 Å². The molecule has 3 nitrogen and oxygen atoms in total. The van der Waals surface area contributed by atoms with Crippen LogP contribution in [0.15, 0.2) is 0 Å². The molecule has 0 aromatic carbocycles. The van der Waals surface area contributed by atoms with E-state index in [1.807, 2.05) is 20.8 Å². The average molecular weight is 282 g/mol. The predicted molar refractivity (Wildman–Crippen MR) is 80.3 cm³/mol. The number of carbonyl (C=O) groups is 2. The molecule has 0 heterocycles. The Morgan fingerprint density at radius 1 is 1.35 bits per heavy atom. The summed E-state index contributed by atoms with van der Waals surface area (Å²) in [4.78, 5) is 23.3. The lowest BCUT2D eigenvalue weighted by atomic mass is 9.71. The Bertz CT molecular complexity index is 339. The van der Waals surface area contributed by atoms with Gasteiger partial charge in [0.25, 0.3) is 0 Å². The maximum absolute atomic E-state index is 11.7. The Balaban J connectivity index is 2.35. The van der Waals surface area contributed by atoms with E-state index in [4.69, 9.17) is 4.74 Å². The average Bonchev–Trinajstić information content (AvgIpc) is 2.32. The first-order chi connectivity index (χ1) is 9.21. The van der Waals surface area contributed by atoms with Crippen molar-refractivity contribution < 1.29 is 14.3 Å². The van der Waals surface area contributed by atoms with Gasteiger partial charge in [-0.25, -0.2) is 0 Å². The Hall–Kier alpha value is -0.860. The van der Waals surface area contributed by atoms with Gasteiger partial charge in [0.1, 0.15) is 5.78 Å². The lowest BCUT2D eigenvalue weighted by molar-refractivity contribution is -0.153. The highest BCUT2D eigenvalue weighted by Gasteiger charge is 2.31. The maximum atomic E-state index is 11.7. The topological polar surface area (TPSA) is 43.4 Å². The van der Waals surface area contributed by atoms with Crippen LogP contribution in [0.5, 0.6) is 0 Å². The van der Waals surface area contributed by atoms with E-state index in [2.05, 4.69) is 13.8 Å². The molecule has 0 bridgehead atoms. The molecule has 0 aromatic rings. The standard InChI is InChI=1S/C17H30O3/c1-12(2)15-9-8-14(18)11-13(15)7-6-10-20-16(19)17(3,4)5/h12-13,15H,6-11H2,1-5H3/t13-,15+/m0/s1. The van der Waals surface area contributed by atoms with Crippen molar-refractivity contribution in [2.45, 2.75) is 66.7 Å². The molecule has 20 heavy (non-hydrogen) atoms. The van der Waals surface area contributed by atoms with Crippen molar-refractivity contribution in [2.75, 3.05) is 6.61 Å². The second kappa shape index (κ2) is 7.24. The molecule has 0 aliphatic heterocycles. The molecule has 1 saturated carbocycles. The number of carbonyl (C=O) groups excluding carboxylic acids is 2. The van der Waals surface area contributed by atoms with Crippen molar-refractivity contribution in [3.63, 3.8) is 0 Å². The number of hydrogen-bond acceptors (Lipinski definition) is 3. The zero-order chi connectivity index (χ0) is 15.3. The zero-order valence-electron chi connectivity index (χ0n) is 13.7. The zero-order valence-corrected chi connectivity index (χ0v) is 13.7. The second-order valence-electron chi connectivity index (χ2n) is 7.48. The van der Waals surface area contributed by atoms with E-state index >= 15 is 0 Å². The molecule has 1 rings (SSSR count). The maximum Gasteiger partial charge on any atom is 0.311 e. The van der Waals surface area contributed by atoms with Crippen LogP contribution in [0.3, 0.4) is 0 Å². The van der Waals surface area contributed by atoms with Crippen LogP contribution in [0.25, 0.3) is 0 Å². The summed E-state index contributed by atoms with van der Waals surface area (Å²) in [6.07, 6.45) is 4.35. The second-order valence-corrected chi connectivity index (χ2v) is 7.48. The van der Waals surface area contributed by atoms with Crippen LogP contribution >= 0.6 is 0 Å². The fraction of sp³-hybridized carbons (Fsp3) is 0.882. The molecule has 3 heteroatoms. The largest absolute Gasteiger partial charge is 0.465 e. The highest BCUT2D eigenvalue weighted by Crippen LogP contribution is 2.36. The summed E-state index contributed by atoms with van der Waals surface area (Å²) >= 11 is 0. The molecule has 0 aromatic heterocycles. The lowest BCUT2D eigenvalue weighted by Gasteiger charge is -2.33. The molecule has 0 spiro atoms. The molecular formula is C17H30O3. The molecule has 0 unspecified atom stereocenters. The van der Waals surface area contributed by atoms with Gasteiger partial charge in [-0.2, -0.15) is 0 Å². The predicted octanol–water partition coefficient (Wildman–Crippen LogP) is 4.00. The van der Waals surface area contributed by atoms with Crippen molar-refractivity contribution in [1.82, 2.24) is 0 Å². The fourth-order valence-electron chi connectivity index (χ4n) is 3.03. The summed E-state index contributed by atoms with van der Waals surface area (Å²) in [6.45, 7) is 10.6. The molecule has 0 N–H and O–H groups in total. The van der Waals surface area contributed by atoms with Gasteiger partial charge in [0, 0.05) is 12.8 Å². The molecule has 1 aliphatic carbocycles. The van der Waals surface area contributed by atoms with Crippen LogP contribution < -0.4 is 0 Å². The normalized spacial score (nSPS) is 24.0.